The molecule has 0 bridgehead atoms. The topological polar surface area (TPSA) is 135 Å². The summed E-state index contributed by atoms with van der Waals surface area (Å²) >= 11 is 6.12. The fourth-order valence-electron chi connectivity index (χ4n) is 2.76. The van der Waals surface area contributed by atoms with Crippen molar-refractivity contribution in [2.45, 2.75) is 13.0 Å². The Balaban J connectivity index is 1.68. The summed E-state index contributed by atoms with van der Waals surface area (Å²) in [6, 6.07) is 6.40. The van der Waals surface area contributed by atoms with Crippen LogP contribution in [0.25, 0.3) is 10.9 Å². The molecule has 3 aromatic heterocycles. The lowest BCUT2D eigenvalue weighted by Gasteiger charge is -2.16. The van der Waals surface area contributed by atoms with Gasteiger partial charge in [-0.15, -0.1) is 0 Å². The Bertz CT molecular complexity index is 1340. The van der Waals surface area contributed by atoms with E-state index in [9.17, 15) is 4.79 Å². The first-order chi connectivity index (χ1) is 14.5. The van der Waals surface area contributed by atoms with E-state index in [0.717, 1.165) is 0 Å². The highest BCUT2D eigenvalue weighted by atomic mass is 35.5. The Kier molecular flexibility index (Phi) is 5.24. The first-order valence-electron chi connectivity index (χ1n) is 8.87. The number of nitrogens with zero attached hydrogens (tertiary/aromatic N) is 5. The van der Waals surface area contributed by atoms with Crippen LogP contribution in [0.15, 0.2) is 47.8 Å². The van der Waals surface area contributed by atoms with Gasteiger partial charge in [0.05, 0.1) is 22.0 Å². The van der Waals surface area contributed by atoms with Crippen molar-refractivity contribution in [1.29, 1.82) is 0 Å². The first-order valence-corrected chi connectivity index (χ1v) is 9.25. The fourth-order valence-corrected chi connectivity index (χ4v) is 3.02. The summed E-state index contributed by atoms with van der Waals surface area (Å²) in [5.74, 6) is 7.10. The third kappa shape index (κ3) is 3.90. The van der Waals surface area contributed by atoms with Crippen molar-refractivity contribution in [3.8, 4) is 11.8 Å². The van der Waals surface area contributed by atoms with Gasteiger partial charge in [0, 0.05) is 12.4 Å². The van der Waals surface area contributed by atoms with Crippen molar-refractivity contribution in [2.75, 3.05) is 11.1 Å². The molecule has 9 nitrogen and oxygen atoms in total. The van der Waals surface area contributed by atoms with Crippen LogP contribution in [0, 0.1) is 11.8 Å². The second-order valence-corrected chi connectivity index (χ2v) is 6.66. The minimum atomic E-state index is -0.413. The largest absolute Gasteiger partial charge is 0.382 e. The average molecular weight is 419 g/mol. The highest BCUT2D eigenvalue weighted by Crippen LogP contribution is 2.23. The van der Waals surface area contributed by atoms with Gasteiger partial charge in [-0.2, -0.15) is 0 Å². The third-order valence-electron chi connectivity index (χ3n) is 4.21. The summed E-state index contributed by atoms with van der Waals surface area (Å²) in [7, 11) is 0. The van der Waals surface area contributed by atoms with Gasteiger partial charge in [0.25, 0.3) is 5.56 Å². The Morgan fingerprint density at radius 2 is 1.93 bits per heavy atom. The number of fused-ring (bicyclic) bond motifs is 1. The predicted molar refractivity (Wildman–Crippen MR) is 114 cm³/mol. The molecule has 4 aromatic rings. The molecule has 30 heavy (non-hydrogen) atoms. The van der Waals surface area contributed by atoms with Gasteiger partial charge in [-0.1, -0.05) is 23.6 Å². The second-order valence-electron chi connectivity index (χ2n) is 6.26. The number of nitrogens with one attached hydrogen (secondary N) is 2. The van der Waals surface area contributed by atoms with Crippen molar-refractivity contribution in [3.05, 3.63) is 75.6 Å². The van der Waals surface area contributed by atoms with E-state index < -0.39 is 6.04 Å². The van der Waals surface area contributed by atoms with Crippen LogP contribution in [-0.2, 0) is 0 Å². The van der Waals surface area contributed by atoms with Gasteiger partial charge in [0.15, 0.2) is 0 Å². The average Bonchev–Trinajstić information content (AvgIpc) is 2.74. The smallest absolute Gasteiger partial charge is 0.260 e. The number of aromatic amines is 1. The van der Waals surface area contributed by atoms with Crippen molar-refractivity contribution >= 4 is 34.1 Å². The lowest BCUT2D eigenvalue weighted by molar-refractivity contribution is 0.784. The first kappa shape index (κ1) is 19.3. The van der Waals surface area contributed by atoms with E-state index in [1.807, 2.05) is 6.92 Å². The van der Waals surface area contributed by atoms with Gasteiger partial charge in [-0.3, -0.25) is 4.79 Å². The number of aromatic nitrogens is 6. The van der Waals surface area contributed by atoms with E-state index in [0.29, 0.717) is 39.0 Å². The van der Waals surface area contributed by atoms with Crippen LogP contribution in [0.1, 0.15) is 30.2 Å². The van der Waals surface area contributed by atoms with Crippen molar-refractivity contribution < 1.29 is 0 Å². The molecule has 0 aliphatic rings. The quantitative estimate of drug-likeness (QED) is 0.431. The summed E-state index contributed by atoms with van der Waals surface area (Å²) in [4.78, 5) is 36.1. The lowest BCUT2D eigenvalue weighted by Crippen LogP contribution is -2.19. The molecule has 148 valence electrons. The fraction of sp³-hybridized carbons (Fsp3) is 0.100. The highest BCUT2D eigenvalue weighted by molar-refractivity contribution is 6.35. The maximum atomic E-state index is 12.5. The number of nitrogen functional groups attached to an aromatic ring is 1. The summed E-state index contributed by atoms with van der Waals surface area (Å²) < 4.78 is 0. The van der Waals surface area contributed by atoms with Gasteiger partial charge in [-0.05, 0) is 31.0 Å². The monoisotopic (exact) mass is 418 g/mol. The van der Waals surface area contributed by atoms with Crippen molar-refractivity contribution in [3.63, 3.8) is 0 Å². The van der Waals surface area contributed by atoms with Crippen LogP contribution < -0.4 is 16.6 Å². The summed E-state index contributed by atoms with van der Waals surface area (Å²) in [5, 5.41) is 3.86. The Hall–Kier alpha value is -4.03. The zero-order valence-corrected chi connectivity index (χ0v) is 16.5. The summed E-state index contributed by atoms with van der Waals surface area (Å²) in [5.41, 5.74) is 6.56. The van der Waals surface area contributed by atoms with E-state index in [2.05, 4.69) is 47.1 Å². The van der Waals surface area contributed by atoms with Crippen molar-refractivity contribution in [2.24, 2.45) is 0 Å². The lowest BCUT2D eigenvalue weighted by atomic mass is 10.2. The zero-order valence-electron chi connectivity index (χ0n) is 15.7. The highest BCUT2D eigenvalue weighted by Gasteiger charge is 2.15. The van der Waals surface area contributed by atoms with Gasteiger partial charge in [-0.25, -0.2) is 24.9 Å². The molecule has 0 saturated heterocycles. The number of benzene rings is 1. The van der Waals surface area contributed by atoms with Crippen LogP contribution in [0.3, 0.4) is 0 Å². The van der Waals surface area contributed by atoms with Gasteiger partial charge >= 0.3 is 0 Å². The molecular formula is C20H15ClN8O. The summed E-state index contributed by atoms with van der Waals surface area (Å²) in [6.45, 7) is 1.82. The number of hydrogen-bond donors (Lipinski definition) is 3. The zero-order chi connectivity index (χ0) is 21.1. The number of nitrogens with two attached hydrogens (primary N) is 1. The molecule has 0 saturated carbocycles. The molecule has 0 spiro atoms. The summed E-state index contributed by atoms with van der Waals surface area (Å²) in [6.07, 6.45) is 4.51. The van der Waals surface area contributed by atoms with Gasteiger partial charge < -0.3 is 16.0 Å². The van der Waals surface area contributed by atoms with E-state index in [1.165, 1.54) is 6.33 Å². The maximum absolute atomic E-state index is 12.5. The Morgan fingerprint density at radius 3 is 2.73 bits per heavy atom. The Labute approximate surface area is 175 Å². The van der Waals surface area contributed by atoms with Gasteiger partial charge in [0.1, 0.15) is 29.4 Å². The van der Waals surface area contributed by atoms with Crippen LogP contribution in [0.5, 0.6) is 0 Å². The standard InChI is InChI=1S/C20H15ClN8O/c1-11(18-28-14-5-2-4-13(21)16(14)20(30)29-18)27-19-12(17(22)25-10-26-19)6-7-15-23-8-3-9-24-15/h2-5,8-11H,1H3,(H,28,29,30)(H3,22,25,26,27). The molecule has 3 heterocycles. The minimum absolute atomic E-state index is 0.204. The molecule has 4 N–H and O–H groups in total. The number of anilines is 2. The molecule has 0 aliphatic heterocycles. The molecule has 0 radical (unpaired) electrons. The van der Waals surface area contributed by atoms with Crippen LogP contribution in [-0.4, -0.2) is 29.9 Å². The normalized spacial score (nSPS) is 11.5. The number of rotatable bonds is 3. The van der Waals surface area contributed by atoms with Crippen LogP contribution >= 0.6 is 11.6 Å². The molecule has 10 heteroatoms. The maximum Gasteiger partial charge on any atom is 0.260 e. The predicted octanol–water partition coefficient (Wildman–Crippen LogP) is 2.31. The molecule has 0 amide bonds. The molecule has 1 unspecified atom stereocenters. The SMILES string of the molecule is CC(Nc1ncnc(N)c1C#Cc1ncccn1)c1nc2cccc(Cl)c2c(=O)[nH]1. The van der Waals surface area contributed by atoms with Crippen LogP contribution in [0.4, 0.5) is 11.6 Å². The third-order valence-corrected chi connectivity index (χ3v) is 4.52. The van der Waals surface area contributed by atoms with Crippen molar-refractivity contribution in [1.82, 2.24) is 29.9 Å². The number of hydrogen-bond acceptors (Lipinski definition) is 8. The van der Waals surface area contributed by atoms with Crippen LogP contribution in [0.2, 0.25) is 5.02 Å². The Morgan fingerprint density at radius 1 is 1.13 bits per heavy atom. The molecule has 0 aliphatic carbocycles. The molecule has 0 fully saturated rings. The molecular weight excluding hydrogens is 404 g/mol. The second kappa shape index (κ2) is 8.14. The minimum Gasteiger partial charge on any atom is -0.382 e. The molecule has 1 aromatic carbocycles. The number of H-pyrrole nitrogens is 1. The number of halogens is 1. The molecule has 1 atom stereocenters. The van der Waals surface area contributed by atoms with E-state index >= 15 is 0 Å². The van der Waals surface area contributed by atoms with E-state index in [1.54, 1.807) is 36.7 Å². The molecule has 4 rings (SSSR count). The van der Waals surface area contributed by atoms with E-state index in [-0.39, 0.29) is 11.4 Å². The van der Waals surface area contributed by atoms with E-state index in [4.69, 9.17) is 17.3 Å². The van der Waals surface area contributed by atoms with Gasteiger partial charge in [0.2, 0.25) is 5.82 Å².